The van der Waals surface area contributed by atoms with E-state index in [0.29, 0.717) is 18.7 Å². The quantitative estimate of drug-likeness (QED) is 0.875. The predicted molar refractivity (Wildman–Crippen MR) is 101 cm³/mol. The monoisotopic (exact) mass is 374 g/mol. The summed E-state index contributed by atoms with van der Waals surface area (Å²) in [6.45, 7) is 4.80. The molecule has 1 N–H and O–H groups in total. The van der Waals surface area contributed by atoms with Crippen molar-refractivity contribution in [2.75, 3.05) is 36.4 Å². The maximum absolute atomic E-state index is 12.8. The topological polar surface area (TPSA) is 65.5 Å². The third kappa shape index (κ3) is 3.23. The molecule has 0 bridgehead atoms. The molecule has 1 atom stereocenters. The van der Waals surface area contributed by atoms with Crippen molar-refractivity contribution in [2.45, 2.75) is 17.1 Å². The van der Waals surface area contributed by atoms with E-state index in [2.05, 4.69) is 15.2 Å². The summed E-state index contributed by atoms with van der Waals surface area (Å²) in [7, 11) is 0. The van der Waals surface area contributed by atoms with Gasteiger partial charge in [0.25, 0.3) is 5.91 Å². The molecule has 6 nitrogen and oxygen atoms in total. The van der Waals surface area contributed by atoms with Crippen molar-refractivity contribution in [3.05, 3.63) is 35.3 Å². The lowest BCUT2D eigenvalue weighted by molar-refractivity contribution is -0.115. The van der Waals surface area contributed by atoms with Crippen LogP contribution in [0.2, 0.25) is 0 Å². The minimum atomic E-state index is -0.104. The fraction of sp³-hybridized carbons (Fsp3) is 0.353. The summed E-state index contributed by atoms with van der Waals surface area (Å²) in [6.07, 6.45) is 1.80. The van der Waals surface area contributed by atoms with Gasteiger partial charge in [-0.25, -0.2) is 4.98 Å². The summed E-state index contributed by atoms with van der Waals surface area (Å²) in [6, 6.07) is 5.57. The fourth-order valence-corrected chi connectivity index (χ4v) is 4.62. The maximum Gasteiger partial charge on any atom is 0.254 e. The molecule has 3 heterocycles. The molecule has 1 aromatic heterocycles. The van der Waals surface area contributed by atoms with Gasteiger partial charge >= 0.3 is 0 Å². The Bertz CT molecular complexity index is 801. The summed E-state index contributed by atoms with van der Waals surface area (Å²) in [5.41, 5.74) is 1.36. The first kappa shape index (κ1) is 16.4. The van der Waals surface area contributed by atoms with E-state index in [0.717, 1.165) is 28.8 Å². The number of thiazole rings is 1. The minimum absolute atomic E-state index is 0.0134. The second kappa shape index (κ2) is 6.68. The highest BCUT2D eigenvalue weighted by Gasteiger charge is 2.26. The number of piperazine rings is 1. The van der Waals surface area contributed by atoms with E-state index in [9.17, 15) is 9.59 Å². The van der Waals surface area contributed by atoms with Crippen molar-refractivity contribution in [3.63, 3.8) is 0 Å². The average molecular weight is 374 g/mol. The van der Waals surface area contributed by atoms with Gasteiger partial charge < -0.3 is 15.1 Å². The van der Waals surface area contributed by atoms with Gasteiger partial charge in [0.15, 0.2) is 5.13 Å². The lowest BCUT2D eigenvalue weighted by Gasteiger charge is -2.34. The zero-order chi connectivity index (χ0) is 17.4. The molecule has 0 radical (unpaired) electrons. The molecule has 1 aromatic carbocycles. The van der Waals surface area contributed by atoms with Gasteiger partial charge in [0.2, 0.25) is 5.91 Å². The standard InChI is InChI=1S/C17H18N4O2S2/c1-11-15(22)19-13-10-12(2-3-14(13)25-11)16(23)20-5-7-21(8-6-20)17-18-4-9-24-17/h2-4,9-11H,5-8H2,1H3,(H,19,22). The van der Waals surface area contributed by atoms with Crippen LogP contribution in [0.1, 0.15) is 17.3 Å². The number of fused-ring (bicyclic) bond motifs is 1. The first-order valence-electron chi connectivity index (χ1n) is 8.17. The first-order chi connectivity index (χ1) is 12.1. The number of nitrogens with zero attached hydrogens (tertiary/aromatic N) is 3. The van der Waals surface area contributed by atoms with Crippen LogP contribution >= 0.6 is 23.1 Å². The summed E-state index contributed by atoms with van der Waals surface area (Å²) in [5.74, 6) is -0.00128. The Kier molecular flexibility index (Phi) is 4.39. The van der Waals surface area contributed by atoms with Crippen LogP contribution in [0.5, 0.6) is 0 Å². The van der Waals surface area contributed by atoms with E-state index in [1.165, 1.54) is 11.8 Å². The van der Waals surface area contributed by atoms with Gasteiger partial charge in [-0.1, -0.05) is 0 Å². The zero-order valence-corrected chi connectivity index (χ0v) is 15.4. The van der Waals surface area contributed by atoms with Crippen LogP contribution in [0.3, 0.4) is 0 Å². The summed E-state index contributed by atoms with van der Waals surface area (Å²) >= 11 is 3.15. The van der Waals surface area contributed by atoms with Crippen LogP contribution in [-0.2, 0) is 4.79 Å². The molecular weight excluding hydrogens is 356 g/mol. The van der Waals surface area contributed by atoms with Crippen LogP contribution in [0.15, 0.2) is 34.7 Å². The molecule has 4 rings (SSSR count). The molecule has 130 valence electrons. The van der Waals surface area contributed by atoms with Crippen LogP contribution < -0.4 is 10.2 Å². The Balaban J connectivity index is 1.45. The molecule has 25 heavy (non-hydrogen) atoms. The zero-order valence-electron chi connectivity index (χ0n) is 13.8. The largest absolute Gasteiger partial charge is 0.345 e. The number of benzene rings is 1. The number of thioether (sulfide) groups is 1. The molecule has 1 fully saturated rings. The molecule has 0 spiro atoms. The average Bonchev–Trinajstić information content (AvgIpc) is 3.16. The van der Waals surface area contributed by atoms with E-state index < -0.39 is 0 Å². The van der Waals surface area contributed by atoms with Crippen molar-refractivity contribution < 1.29 is 9.59 Å². The first-order valence-corrected chi connectivity index (χ1v) is 9.93. The number of carbonyl (C=O) groups excluding carboxylic acids is 2. The molecule has 2 amide bonds. The number of anilines is 2. The second-order valence-electron chi connectivity index (χ2n) is 6.05. The molecular formula is C17H18N4O2S2. The van der Waals surface area contributed by atoms with Gasteiger partial charge in [0.1, 0.15) is 0 Å². The third-order valence-electron chi connectivity index (χ3n) is 4.41. The highest BCUT2D eigenvalue weighted by molar-refractivity contribution is 8.00. The molecule has 2 aliphatic rings. The molecule has 2 aromatic rings. The summed E-state index contributed by atoms with van der Waals surface area (Å²) in [5, 5.41) is 5.76. The highest BCUT2D eigenvalue weighted by Crippen LogP contribution is 2.36. The second-order valence-corrected chi connectivity index (χ2v) is 8.31. The lowest BCUT2D eigenvalue weighted by atomic mass is 10.1. The van der Waals surface area contributed by atoms with E-state index in [4.69, 9.17) is 0 Å². The van der Waals surface area contributed by atoms with Gasteiger partial charge in [-0.15, -0.1) is 23.1 Å². The summed E-state index contributed by atoms with van der Waals surface area (Å²) in [4.78, 5) is 34.1. The Hall–Kier alpha value is -2.06. The molecule has 0 aliphatic carbocycles. The molecule has 8 heteroatoms. The number of rotatable bonds is 2. The van der Waals surface area contributed by atoms with Crippen LogP contribution in [0.25, 0.3) is 0 Å². The van der Waals surface area contributed by atoms with Crippen molar-refractivity contribution >= 4 is 45.7 Å². The number of aromatic nitrogens is 1. The van der Waals surface area contributed by atoms with Crippen LogP contribution in [0.4, 0.5) is 10.8 Å². The Morgan fingerprint density at radius 2 is 2.08 bits per heavy atom. The molecule has 0 saturated carbocycles. The van der Waals surface area contributed by atoms with Gasteiger partial charge in [-0.2, -0.15) is 0 Å². The normalized spacial score (nSPS) is 20.2. The van der Waals surface area contributed by atoms with Crippen LogP contribution in [0, 0.1) is 0 Å². The number of hydrogen-bond donors (Lipinski definition) is 1. The maximum atomic E-state index is 12.8. The molecule has 1 unspecified atom stereocenters. The Morgan fingerprint density at radius 1 is 1.28 bits per heavy atom. The third-order valence-corrected chi connectivity index (χ3v) is 6.42. The van der Waals surface area contributed by atoms with Gasteiger partial charge in [-0.05, 0) is 25.1 Å². The van der Waals surface area contributed by atoms with E-state index in [1.807, 2.05) is 29.3 Å². The summed E-state index contributed by atoms with van der Waals surface area (Å²) < 4.78 is 0. The van der Waals surface area contributed by atoms with Crippen molar-refractivity contribution in [3.8, 4) is 0 Å². The molecule has 2 aliphatic heterocycles. The van der Waals surface area contributed by atoms with E-state index >= 15 is 0 Å². The van der Waals surface area contributed by atoms with Crippen molar-refractivity contribution in [2.24, 2.45) is 0 Å². The van der Waals surface area contributed by atoms with E-state index in [1.54, 1.807) is 23.6 Å². The van der Waals surface area contributed by atoms with Gasteiger partial charge in [-0.3, -0.25) is 9.59 Å². The Morgan fingerprint density at radius 3 is 2.80 bits per heavy atom. The number of nitrogens with one attached hydrogen (secondary N) is 1. The van der Waals surface area contributed by atoms with Gasteiger partial charge in [0, 0.05) is 48.2 Å². The molecule has 1 saturated heterocycles. The van der Waals surface area contributed by atoms with Crippen molar-refractivity contribution in [1.29, 1.82) is 0 Å². The smallest absolute Gasteiger partial charge is 0.254 e. The van der Waals surface area contributed by atoms with E-state index in [-0.39, 0.29) is 17.1 Å². The lowest BCUT2D eigenvalue weighted by Crippen LogP contribution is -2.48. The Labute approximate surface area is 154 Å². The number of hydrogen-bond acceptors (Lipinski definition) is 6. The fourth-order valence-electron chi connectivity index (χ4n) is 3.00. The highest BCUT2D eigenvalue weighted by atomic mass is 32.2. The minimum Gasteiger partial charge on any atom is -0.345 e. The SMILES string of the molecule is CC1Sc2ccc(C(=O)N3CCN(c4nccs4)CC3)cc2NC1=O. The predicted octanol–water partition coefficient (Wildman–Crippen LogP) is 2.54. The van der Waals surface area contributed by atoms with Gasteiger partial charge in [0.05, 0.1) is 10.9 Å². The number of carbonyl (C=O) groups is 2. The van der Waals surface area contributed by atoms with Crippen LogP contribution in [-0.4, -0.2) is 53.1 Å². The number of amides is 2. The van der Waals surface area contributed by atoms with Crippen molar-refractivity contribution in [1.82, 2.24) is 9.88 Å².